The molecule has 0 spiro atoms. The average Bonchev–Trinajstić information content (AvgIpc) is 2.44. The van der Waals surface area contributed by atoms with Gasteiger partial charge in [0.25, 0.3) is 0 Å². The van der Waals surface area contributed by atoms with Gasteiger partial charge in [-0.3, -0.25) is 0 Å². The summed E-state index contributed by atoms with van der Waals surface area (Å²) in [6.07, 6.45) is 1.25. The van der Waals surface area contributed by atoms with Gasteiger partial charge in [0.15, 0.2) is 0 Å². The molecule has 7 N–H and O–H groups in total. The zero-order valence-corrected chi connectivity index (χ0v) is 15.0. The quantitative estimate of drug-likeness (QED) is 0.401. The third-order valence-corrected chi connectivity index (χ3v) is 0. The maximum absolute atomic E-state index is 7.00. The number of halogens is 1. The lowest BCUT2D eigenvalue weighted by Gasteiger charge is -1.48. The molecule has 5 heteroatoms. The Bertz CT molecular complexity index is 25.3. The first-order valence-electron chi connectivity index (χ1n) is 6.02. The Hall–Kier alpha value is 0.130. The molecule has 0 saturated carbocycles. The first kappa shape index (κ1) is 195. The average molecular weight is 395 g/mol. The Balaban J connectivity index is -0.00000000210. The second kappa shape index (κ2) is 8870. The first-order chi connectivity index (χ1) is 7.41. The lowest BCUT2D eigenvalue weighted by atomic mass is 10.6. The van der Waals surface area contributed by atoms with E-state index in [1.165, 1.54) is 20.5 Å². The first-order valence-corrected chi connectivity index (χ1v) is 6.02. The van der Waals surface area contributed by atoms with Crippen molar-refractivity contribution in [3.05, 3.63) is 0 Å². The van der Waals surface area contributed by atoms with Gasteiger partial charge in [-0.15, -0.1) is 12.4 Å². The van der Waals surface area contributed by atoms with E-state index in [0.717, 1.165) is 7.11 Å². The van der Waals surface area contributed by atoms with Gasteiger partial charge in [0.1, 0.15) is 0 Å². The van der Waals surface area contributed by atoms with Crippen LogP contribution in [0.4, 0.5) is 0 Å². The number of aliphatic hydroxyl groups excluding tert-OH is 1. The fourth-order valence-corrected chi connectivity index (χ4v) is 0. The van der Waals surface area contributed by atoms with Gasteiger partial charge >= 0.3 is 0 Å². The van der Waals surface area contributed by atoms with Gasteiger partial charge in [0.2, 0.25) is 0 Å². The second-order valence-corrected chi connectivity index (χ2v) is 0.707. The van der Waals surface area contributed by atoms with Crippen LogP contribution in [0, 0.1) is 0 Å². The van der Waals surface area contributed by atoms with Crippen molar-refractivity contribution < 1.29 is 10.6 Å². The monoisotopic (exact) mass is 395 g/mol. The number of hydrogen-bond donors (Lipinski definition) is 3. The molecule has 0 heterocycles. The Kier molecular flexibility index (Phi) is 72200. The summed E-state index contributed by atoms with van der Waals surface area (Å²) in [5.74, 6) is 0. The molecule has 0 aliphatic rings. The lowest BCUT2D eigenvalue weighted by molar-refractivity contribution is 0.399. The van der Waals surface area contributed by atoms with E-state index in [1.54, 1.807) is 0 Å². The van der Waals surface area contributed by atoms with Crippen LogP contribution in [-0.4, -0.2) is 31.8 Å². The van der Waals surface area contributed by atoms with Crippen LogP contribution in [0.1, 0.15) is 114 Å². The number of hydrogen-bond acceptors (Lipinski definition) is 3. The Morgan fingerprint density at radius 3 is 0.500 bits per heavy atom. The molecular formula is C19H71ClN2O2. The molecule has 0 radical (unpaired) electrons. The molecule has 0 bridgehead atoms. The van der Waals surface area contributed by atoms with Crippen LogP contribution in [0.3, 0.4) is 0 Å². The molecule has 0 unspecified atom stereocenters. The summed E-state index contributed by atoms with van der Waals surface area (Å²) in [5.41, 5.74) is 9.00. The summed E-state index contributed by atoms with van der Waals surface area (Å²) >= 11 is 0. The predicted octanol–water partition coefficient (Wildman–Crippen LogP) is 7.30. The maximum atomic E-state index is 7.00. The van der Waals surface area contributed by atoms with Gasteiger partial charge in [0.05, 0.1) is 0 Å². The highest BCUT2D eigenvalue weighted by atomic mass is 35.5. The summed E-state index contributed by atoms with van der Waals surface area (Å²) in [5, 5.41) is 7.00. The highest BCUT2D eigenvalue weighted by Crippen LogP contribution is 1.56. The van der Waals surface area contributed by atoms with E-state index in [0.29, 0.717) is 0 Å². The van der Waals surface area contributed by atoms with Crippen LogP contribution >= 0.6 is 12.4 Å². The Morgan fingerprint density at radius 1 is 0.500 bits per heavy atom. The number of rotatable bonds is 0. The highest BCUT2D eigenvalue weighted by Gasteiger charge is 1.35. The fraction of sp³-hybridized carbons (Fsp3) is 1.00. The summed E-state index contributed by atoms with van der Waals surface area (Å²) in [6, 6.07) is 0. The van der Waals surface area contributed by atoms with Gasteiger partial charge in [-0.1, -0.05) is 114 Å². The van der Waals surface area contributed by atoms with Crippen molar-refractivity contribution in [2.24, 2.45) is 11.5 Å². The van der Waals surface area contributed by atoms with Crippen LogP contribution in [0.2, 0.25) is 0 Å². The Morgan fingerprint density at radius 2 is 0.500 bits per heavy atom. The van der Waals surface area contributed by atoms with E-state index in [4.69, 9.17) is 5.11 Å². The minimum Gasteiger partial charge on any atom is -0.412 e. The van der Waals surface area contributed by atoms with Crippen LogP contribution in [0.25, 0.3) is 0 Å². The fourth-order valence-electron chi connectivity index (χ4n) is 0. The number of nitrogens with two attached hydrogens (primary N) is 2. The van der Waals surface area contributed by atoms with E-state index in [1.807, 2.05) is 41.5 Å². The zero-order valence-electron chi connectivity index (χ0n) is 14.2. The van der Waals surface area contributed by atoms with Crippen molar-refractivity contribution in [3.63, 3.8) is 0 Å². The summed E-state index contributed by atoms with van der Waals surface area (Å²) < 4.78 is 0. The third kappa shape index (κ3) is 585000. The second-order valence-electron chi connectivity index (χ2n) is 0.707. The molecule has 176 valence electrons. The van der Waals surface area contributed by atoms with Crippen molar-refractivity contribution in [1.82, 2.24) is 0 Å². The molecule has 0 saturated heterocycles. The SMILES string of the molecule is C.C.C.C.C.C.C.CC.CC.CC.CCC.CN.CN.CO.Cl.O. The summed E-state index contributed by atoms with van der Waals surface area (Å²) in [4.78, 5) is 0. The van der Waals surface area contributed by atoms with Crippen LogP contribution in [-0.2, 0) is 0 Å². The van der Waals surface area contributed by atoms with E-state index in [-0.39, 0.29) is 69.9 Å². The van der Waals surface area contributed by atoms with Crippen molar-refractivity contribution >= 4 is 12.4 Å². The highest BCUT2D eigenvalue weighted by molar-refractivity contribution is 5.85. The summed E-state index contributed by atoms with van der Waals surface area (Å²) in [6.45, 7) is 16.2. The normalized spacial score (nSPS) is 2.25. The Labute approximate surface area is 169 Å². The van der Waals surface area contributed by atoms with Crippen molar-refractivity contribution in [1.29, 1.82) is 0 Å². The van der Waals surface area contributed by atoms with Gasteiger partial charge in [0, 0.05) is 7.11 Å². The molecule has 0 aromatic heterocycles. The largest absolute Gasteiger partial charge is 0.412 e. The van der Waals surface area contributed by atoms with Gasteiger partial charge < -0.3 is 22.1 Å². The maximum Gasteiger partial charge on any atom is 0.0319 e. The van der Waals surface area contributed by atoms with E-state index < -0.39 is 0 Å². The van der Waals surface area contributed by atoms with E-state index >= 15 is 0 Å². The number of aliphatic hydroxyl groups is 1. The molecule has 24 heavy (non-hydrogen) atoms. The molecule has 4 nitrogen and oxygen atoms in total. The smallest absolute Gasteiger partial charge is 0.0319 e. The van der Waals surface area contributed by atoms with Gasteiger partial charge in [-0.25, -0.2) is 0 Å². The molecule has 0 amide bonds. The minimum atomic E-state index is 0. The molecule has 0 aromatic carbocycles. The molecule has 0 aliphatic carbocycles. The van der Waals surface area contributed by atoms with E-state index in [2.05, 4.69) is 25.3 Å². The molecule has 0 rings (SSSR count). The van der Waals surface area contributed by atoms with Crippen molar-refractivity contribution in [2.75, 3.05) is 21.2 Å². The molecular weight excluding hydrogens is 324 g/mol. The molecule has 0 aromatic rings. The van der Waals surface area contributed by atoms with Crippen molar-refractivity contribution in [3.8, 4) is 0 Å². The third-order valence-electron chi connectivity index (χ3n) is 0. The topological polar surface area (TPSA) is 104 Å². The van der Waals surface area contributed by atoms with Gasteiger partial charge in [-0.2, -0.15) is 0 Å². The predicted molar refractivity (Wildman–Crippen MR) is 136 cm³/mol. The van der Waals surface area contributed by atoms with Crippen LogP contribution < -0.4 is 11.5 Å². The van der Waals surface area contributed by atoms with Crippen molar-refractivity contribution in [2.45, 2.75) is 114 Å². The molecule has 0 aliphatic heterocycles. The van der Waals surface area contributed by atoms with Gasteiger partial charge in [-0.05, 0) is 14.1 Å². The standard InChI is InChI=1S/C3H8.3C2H6.2CH5N.CH4O.7CH4.ClH.H2O/c1-3-2;6*1-2;;;;;;;;;/h3H2,1-2H3;3*1-2H3;2*2H2,1H3;2H,1H3;7*1H4;1H;1H2. The molecule has 0 fully saturated rings. The minimum absolute atomic E-state index is 0. The zero-order chi connectivity index (χ0) is 14.7. The van der Waals surface area contributed by atoms with Crippen LogP contribution in [0.5, 0.6) is 0 Å². The summed E-state index contributed by atoms with van der Waals surface area (Å²) in [7, 11) is 4.00. The lowest BCUT2D eigenvalue weighted by Crippen LogP contribution is -1.69. The van der Waals surface area contributed by atoms with E-state index in [9.17, 15) is 0 Å². The van der Waals surface area contributed by atoms with Crippen LogP contribution in [0.15, 0.2) is 0 Å². The molecule has 0 atom stereocenters.